The van der Waals surface area contributed by atoms with Crippen LogP contribution in [-0.4, -0.2) is 51.9 Å². The molecule has 6 heterocycles. The van der Waals surface area contributed by atoms with E-state index < -0.39 is 17.0 Å². The first-order valence-corrected chi connectivity index (χ1v) is 20.4. The van der Waals surface area contributed by atoms with E-state index >= 15 is 8.78 Å². The molecule has 10 rings (SSSR count). The van der Waals surface area contributed by atoms with Gasteiger partial charge < -0.3 is 30.4 Å². The molecule has 4 N–H and O–H groups in total. The summed E-state index contributed by atoms with van der Waals surface area (Å²) >= 11 is 0. The van der Waals surface area contributed by atoms with Crippen LogP contribution in [0.3, 0.4) is 0 Å². The number of nitrogens with zero attached hydrogens (tertiary/aromatic N) is 4. The Morgan fingerprint density at radius 1 is 0.714 bits per heavy atom. The average molecular weight is 755 g/mol. The predicted molar refractivity (Wildman–Crippen MR) is 216 cm³/mol. The zero-order chi connectivity index (χ0) is 38.0. The number of rotatable bonds is 8. The van der Waals surface area contributed by atoms with E-state index in [1.807, 2.05) is 30.3 Å². The second-order valence-corrected chi connectivity index (χ2v) is 16.4. The number of hydrogen-bond acceptors (Lipinski definition) is 7. The third kappa shape index (κ3) is 6.07. The highest BCUT2D eigenvalue weighted by Gasteiger charge is 2.42. The molecule has 9 nitrogen and oxygen atoms in total. The van der Waals surface area contributed by atoms with Gasteiger partial charge in [-0.15, -0.1) is 0 Å². The van der Waals surface area contributed by atoms with Gasteiger partial charge in [0.1, 0.15) is 23.1 Å². The lowest BCUT2D eigenvalue weighted by Crippen LogP contribution is -2.47. The molecule has 2 unspecified atom stereocenters. The van der Waals surface area contributed by atoms with Crippen molar-refractivity contribution in [2.45, 2.75) is 87.9 Å². The molecule has 0 aliphatic carbocycles. The molecule has 56 heavy (non-hydrogen) atoms. The van der Waals surface area contributed by atoms with E-state index in [4.69, 9.17) is 9.97 Å². The molecular weight excluding hydrogens is 707 g/mol. The third-order valence-corrected chi connectivity index (χ3v) is 13.2. The molecular formula is C45H48F2N8O. The van der Waals surface area contributed by atoms with Crippen LogP contribution in [-0.2, 0) is 10.2 Å². The normalized spacial score (nSPS) is 23.8. The first-order valence-electron chi connectivity index (χ1n) is 20.4. The number of benzene rings is 4. The van der Waals surface area contributed by atoms with Gasteiger partial charge in [-0.25, -0.2) is 18.7 Å². The van der Waals surface area contributed by atoms with Gasteiger partial charge in [-0.3, -0.25) is 4.79 Å². The van der Waals surface area contributed by atoms with Crippen LogP contribution in [0.25, 0.3) is 22.1 Å². The van der Waals surface area contributed by atoms with Crippen LogP contribution >= 0.6 is 0 Å². The Bertz CT molecular complexity index is 2280. The maximum absolute atomic E-state index is 16.6. The Balaban J connectivity index is 0.999. The van der Waals surface area contributed by atoms with Gasteiger partial charge in [-0.1, -0.05) is 42.5 Å². The summed E-state index contributed by atoms with van der Waals surface area (Å²) in [5.41, 5.74) is 6.72. The fraction of sp³-hybridized carbons (Fsp3) is 0.400. The van der Waals surface area contributed by atoms with E-state index in [1.54, 1.807) is 11.8 Å². The van der Waals surface area contributed by atoms with Gasteiger partial charge in [-0.2, -0.15) is 0 Å². The predicted octanol–water partition coefficient (Wildman–Crippen LogP) is 8.78. The fourth-order valence-electron chi connectivity index (χ4n) is 10.2. The second kappa shape index (κ2) is 14.1. The Kier molecular flexibility index (Phi) is 8.89. The number of aromatic amines is 2. The number of piperidine rings is 1. The first kappa shape index (κ1) is 35.3. The smallest absolute Gasteiger partial charge is 0.151 e. The van der Waals surface area contributed by atoms with Gasteiger partial charge >= 0.3 is 0 Å². The second-order valence-electron chi connectivity index (χ2n) is 16.4. The number of H-pyrrole nitrogens is 2. The number of anilines is 2. The van der Waals surface area contributed by atoms with Crippen molar-refractivity contribution in [1.82, 2.24) is 30.6 Å². The number of fused-ring (bicyclic) bond motifs is 2. The lowest BCUT2D eigenvalue weighted by Gasteiger charge is -2.42. The summed E-state index contributed by atoms with van der Waals surface area (Å²) in [5, 5.41) is 7.08. The molecule has 4 aliphatic rings. The Morgan fingerprint density at radius 3 is 1.73 bits per heavy atom. The van der Waals surface area contributed by atoms with Crippen molar-refractivity contribution in [3.05, 3.63) is 119 Å². The van der Waals surface area contributed by atoms with E-state index in [1.165, 1.54) is 12.1 Å². The highest BCUT2D eigenvalue weighted by molar-refractivity contribution is 5.88. The van der Waals surface area contributed by atoms with Crippen molar-refractivity contribution in [3.63, 3.8) is 0 Å². The minimum absolute atomic E-state index is 0.0230. The van der Waals surface area contributed by atoms with Gasteiger partial charge in [0.05, 0.1) is 51.6 Å². The molecule has 0 amide bonds. The zero-order valence-electron chi connectivity index (χ0n) is 31.8. The van der Waals surface area contributed by atoms with Crippen LogP contribution in [0, 0.1) is 11.6 Å². The lowest BCUT2D eigenvalue weighted by atomic mass is 9.70. The maximum atomic E-state index is 16.6. The number of carbonyl (C=O) groups excluding carboxylic acids is 1. The molecule has 0 bridgehead atoms. The van der Waals surface area contributed by atoms with Crippen molar-refractivity contribution in [1.29, 1.82) is 0 Å². The average Bonchev–Trinajstić information content (AvgIpc) is 4.06. The summed E-state index contributed by atoms with van der Waals surface area (Å²) in [5.74, 6) is 0.824. The minimum atomic E-state index is -0.658. The van der Waals surface area contributed by atoms with Crippen molar-refractivity contribution >= 4 is 39.2 Å². The van der Waals surface area contributed by atoms with E-state index in [0.717, 1.165) is 102 Å². The van der Waals surface area contributed by atoms with Crippen molar-refractivity contribution in [2.75, 3.05) is 36.0 Å². The quantitative estimate of drug-likeness (QED) is 0.123. The number of imidazole rings is 2. The standard InChI is InChI=1S/C45H48F2N8O/c1-27(56)45(30-7-3-2-4-8-30)17-21-54(22-18-45)42-32(46)25-31(26-33(42)47)55-40(28-11-13-34-38(23-28)52-43(50-34)36-9-5-19-48-36)15-16-41(55)29-12-14-35-39(24-29)53-44(51-35)37-10-6-20-49-37/h2-4,7-8,11-14,23-26,36-37,40-41,48-49H,5-6,9-10,15-22H2,1H3,(H,50,52)(H,51,53)/t36?,37?,40-,41-/m1/s1. The van der Waals surface area contributed by atoms with Crippen LogP contribution in [0.15, 0.2) is 78.9 Å². The number of nitrogens with one attached hydrogen (secondary N) is 4. The Morgan fingerprint density at radius 2 is 1.25 bits per heavy atom. The molecule has 0 spiro atoms. The molecule has 11 heteroatoms. The first-order chi connectivity index (χ1) is 27.3. The van der Waals surface area contributed by atoms with Gasteiger partial charge in [0.15, 0.2) is 11.6 Å². The molecule has 4 fully saturated rings. The molecule has 4 aliphatic heterocycles. The molecule has 0 radical (unpaired) electrons. The number of hydrogen-bond donors (Lipinski definition) is 4. The Labute approximate surface area is 325 Å². The van der Waals surface area contributed by atoms with E-state index in [0.29, 0.717) is 31.6 Å². The number of aromatic nitrogens is 4. The summed E-state index contributed by atoms with van der Waals surface area (Å²) < 4.78 is 33.2. The highest BCUT2D eigenvalue weighted by atomic mass is 19.1. The van der Waals surface area contributed by atoms with Crippen molar-refractivity contribution < 1.29 is 13.6 Å². The summed E-state index contributed by atoms with van der Waals surface area (Å²) in [7, 11) is 0. The summed E-state index contributed by atoms with van der Waals surface area (Å²) in [4.78, 5) is 34.0. The van der Waals surface area contributed by atoms with Crippen LogP contribution in [0.5, 0.6) is 0 Å². The van der Waals surface area contributed by atoms with E-state index in [2.05, 4.69) is 61.9 Å². The highest BCUT2D eigenvalue weighted by Crippen LogP contribution is 2.49. The summed E-state index contributed by atoms with van der Waals surface area (Å²) in [6, 6.07) is 25.8. The van der Waals surface area contributed by atoms with E-state index in [9.17, 15) is 4.79 Å². The summed E-state index contributed by atoms with van der Waals surface area (Å²) in [6.45, 7) is 4.37. The SMILES string of the molecule is CC(=O)C1(c2ccccc2)CCN(c2c(F)cc(N3[C@@H](c4ccc5nc(C6CCCN6)[nH]c5c4)CC[C@@H]3c3ccc4nc(C5CCCN5)[nH]c4c3)cc2F)CC1. The molecule has 4 aromatic carbocycles. The molecule has 0 saturated carbocycles. The van der Waals surface area contributed by atoms with Crippen LogP contribution in [0.1, 0.15) is 111 Å². The van der Waals surface area contributed by atoms with Crippen LogP contribution < -0.4 is 20.4 Å². The van der Waals surface area contributed by atoms with Crippen LogP contribution in [0.4, 0.5) is 20.2 Å². The topological polar surface area (TPSA) is 105 Å². The molecule has 4 saturated heterocycles. The number of carbonyl (C=O) groups is 1. The molecule has 4 atom stereocenters. The van der Waals surface area contributed by atoms with Gasteiger partial charge in [0.25, 0.3) is 0 Å². The monoisotopic (exact) mass is 754 g/mol. The van der Waals surface area contributed by atoms with Gasteiger partial charge in [0.2, 0.25) is 0 Å². The van der Waals surface area contributed by atoms with Crippen molar-refractivity contribution in [3.8, 4) is 0 Å². The Hall–Kier alpha value is -5.13. The van der Waals surface area contributed by atoms with Crippen molar-refractivity contribution in [2.24, 2.45) is 0 Å². The van der Waals surface area contributed by atoms with E-state index in [-0.39, 0.29) is 35.6 Å². The minimum Gasteiger partial charge on any atom is -0.367 e. The number of ketones is 1. The van der Waals surface area contributed by atoms with Gasteiger partial charge in [0, 0.05) is 18.8 Å². The fourth-order valence-corrected chi connectivity index (χ4v) is 10.2. The van der Waals surface area contributed by atoms with Gasteiger partial charge in [-0.05, 0) is 124 Å². The zero-order valence-corrected chi connectivity index (χ0v) is 31.8. The largest absolute Gasteiger partial charge is 0.367 e. The summed E-state index contributed by atoms with van der Waals surface area (Å²) in [6.07, 6.45) is 6.97. The molecule has 288 valence electrons. The van der Waals surface area contributed by atoms with Crippen LogP contribution in [0.2, 0.25) is 0 Å². The molecule has 6 aromatic rings. The number of Topliss-reactive ketones (excluding diaryl/α,β-unsaturated/α-hetero) is 1. The number of halogens is 2. The maximum Gasteiger partial charge on any atom is 0.151 e. The lowest BCUT2D eigenvalue weighted by molar-refractivity contribution is -0.123. The molecule has 2 aromatic heterocycles. The third-order valence-electron chi connectivity index (χ3n) is 13.2.